The summed E-state index contributed by atoms with van der Waals surface area (Å²) in [5.41, 5.74) is 2.41. The smallest absolute Gasteiger partial charge is 0.232 e. The molecule has 0 aliphatic rings. The van der Waals surface area contributed by atoms with Crippen molar-refractivity contribution in [2.45, 2.75) is 13.3 Å². The largest absolute Gasteiger partial charge is 0.354 e. The van der Waals surface area contributed by atoms with Gasteiger partial charge in [-0.25, -0.2) is 8.42 Å². The first-order valence-corrected chi connectivity index (χ1v) is 10.0. The van der Waals surface area contributed by atoms with Crippen LogP contribution in [0.4, 0.5) is 5.69 Å². The van der Waals surface area contributed by atoms with E-state index in [2.05, 4.69) is 5.32 Å². The summed E-state index contributed by atoms with van der Waals surface area (Å²) in [5.74, 6) is -0.167. The molecule has 0 aromatic heterocycles. The summed E-state index contributed by atoms with van der Waals surface area (Å²) in [6, 6.07) is 14.3. The van der Waals surface area contributed by atoms with Crippen molar-refractivity contribution in [1.82, 2.24) is 5.32 Å². The summed E-state index contributed by atoms with van der Waals surface area (Å²) in [5, 5.41) is 3.37. The lowest BCUT2D eigenvalue weighted by atomic mass is 10.1. The minimum atomic E-state index is -3.43. The molecule has 0 spiro atoms. The molecular formula is C18H21ClN2O3S. The van der Waals surface area contributed by atoms with E-state index in [1.165, 1.54) is 4.31 Å². The molecule has 0 heterocycles. The zero-order chi connectivity index (χ0) is 18.4. The van der Waals surface area contributed by atoms with E-state index in [4.69, 9.17) is 11.6 Å². The predicted octanol–water partition coefficient (Wildman–Crippen LogP) is 2.77. The molecule has 2 rings (SSSR count). The summed E-state index contributed by atoms with van der Waals surface area (Å²) in [7, 11) is -3.43. The van der Waals surface area contributed by atoms with Crippen molar-refractivity contribution in [3.8, 4) is 0 Å². The standard InChI is InChI=1S/C18H21ClN2O3S/c1-14-4-3-5-17(12-14)21(25(2,23)24)11-10-20-18(22)13-15-6-8-16(19)9-7-15/h3-9,12H,10-11,13H2,1-2H3,(H,20,22). The van der Waals surface area contributed by atoms with E-state index < -0.39 is 10.0 Å². The van der Waals surface area contributed by atoms with Gasteiger partial charge in [-0.1, -0.05) is 35.9 Å². The maximum absolute atomic E-state index is 12.0. The van der Waals surface area contributed by atoms with E-state index in [-0.39, 0.29) is 25.4 Å². The first-order valence-electron chi connectivity index (χ1n) is 7.81. The SMILES string of the molecule is Cc1cccc(N(CCNC(=O)Cc2ccc(Cl)cc2)S(C)(=O)=O)c1. The number of anilines is 1. The Morgan fingerprint density at radius 1 is 1.16 bits per heavy atom. The highest BCUT2D eigenvalue weighted by Gasteiger charge is 2.17. The van der Waals surface area contributed by atoms with Crippen molar-refractivity contribution in [3.63, 3.8) is 0 Å². The van der Waals surface area contributed by atoms with Crippen LogP contribution in [0.1, 0.15) is 11.1 Å². The van der Waals surface area contributed by atoms with Crippen LogP contribution in [0.5, 0.6) is 0 Å². The van der Waals surface area contributed by atoms with E-state index in [9.17, 15) is 13.2 Å². The second-order valence-corrected chi connectivity index (χ2v) is 8.17. The lowest BCUT2D eigenvalue weighted by Crippen LogP contribution is -2.38. The van der Waals surface area contributed by atoms with Gasteiger partial charge in [0.2, 0.25) is 15.9 Å². The monoisotopic (exact) mass is 380 g/mol. The third-order valence-corrected chi connectivity index (χ3v) is 5.05. The van der Waals surface area contributed by atoms with Gasteiger partial charge in [0, 0.05) is 11.6 Å². The molecule has 0 aliphatic carbocycles. The number of aryl methyl sites for hydroxylation is 1. The Morgan fingerprint density at radius 3 is 2.44 bits per heavy atom. The molecule has 25 heavy (non-hydrogen) atoms. The number of hydrogen-bond acceptors (Lipinski definition) is 3. The summed E-state index contributed by atoms with van der Waals surface area (Å²) in [4.78, 5) is 12.0. The van der Waals surface area contributed by atoms with E-state index in [0.29, 0.717) is 10.7 Å². The number of carbonyl (C=O) groups is 1. The number of amides is 1. The summed E-state index contributed by atoms with van der Waals surface area (Å²) in [6.45, 7) is 2.31. The number of carbonyl (C=O) groups excluding carboxylic acids is 1. The Morgan fingerprint density at radius 2 is 1.84 bits per heavy atom. The molecule has 2 aromatic carbocycles. The normalized spacial score (nSPS) is 11.2. The molecule has 134 valence electrons. The minimum Gasteiger partial charge on any atom is -0.354 e. The highest BCUT2D eigenvalue weighted by molar-refractivity contribution is 7.92. The fourth-order valence-electron chi connectivity index (χ4n) is 2.42. The van der Waals surface area contributed by atoms with Gasteiger partial charge in [-0.15, -0.1) is 0 Å². The zero-order valence-electron chi connectivity index (χ0n) is 14.2. The number of rotatable bonds is 7. The van der Waals surface area contributed by atoms with E-state index in [1.807, 2.05) is 19.1 Å². The van der Waals surface area contributed by atoms with Crippen molar-refractivity contribution in [3.05, 3.63) is 64.7 Å². The van der Waals surface area contributed by atoms with Crippen molar-refractivity contribution in [1.29, 1.82) is 0 Å². The van der Waals surface area contributed by atoms with Gasteiger partial charge >= 0.3 is 0 Å². The summed E-state index contributed by atoms with van der Waals surface area (Å²) < 4.78 is 25.4. The topological polar surface area (TPSA) is 66.5 Å². The number of nitrogens with zero attached hydrogens (tertiary/aromatic N) is 1. The fourth-order valence-corrected chi connectivity index (χ4v) is 3.46. The van der Waals surface area contributed by atoms with Crippen LogP contribution in [-0.2, 0) is 21.2 Å². The molecule has 7 heteroatoms. The molecule has 0 unspecified atom stereocenters. The number of hydrogen-bond donors (Lipinski definition) is 1. The van der Waals surface area contributed by atoms with Crippen molar-refractivity contribution >= 4 is 33.2 Å². The molecular weight excluding hydrogens is 360 g/mol. The molecule has 0 radical (unpaired) electrons. The average molecular weight is 381 g/mol. The van der Waals surface area contributed by atoms with E-state index >= 15 is 0 Å². The molecule has 2 aromatic rings. The third kappa shape index (κ3) is 6.07. The molecule has 0 fully saturated rings. The average Bonchev–Trinajstić information content (AvgIpc) is 2.52. The van der Waals surface area contributed by atoms with Crippen LogP contribution >= 0.6 is 11.6 Å². The fraction of sp³-hybridized carbons (Fsp3) is 0.278. The Balaban J connectivity index is 1.95. The Kier molecular flexibility index (Phi) is 6.45. The molecule has 1 N–H and O–H groups in total. The van der Waals surface area contributed by atoms with E-state index in [1.54, 1.807) is 36.4 Å². The summed E-state index contributed by atoms with van der Waals surface area (Å²) in [6.07, 6.45) is 1.38. The van der Waals surface area contributed by atoms with Crippen molar-refractivity contribution < 1.29 is 13.2 Å². The van der Waals surface area contributed by atoms with Crippen LogP contribution in [0.15, 0.2) is 48.5 Å². The van der Waals surface area contributed by atoms with Crippen LogP contribution in [0.2, 0.25) is 5.02 Å². The van der Waals surface area contributed by atoms with Gasteiger partial charge in [0.05, 0.1) is 24.9 Å². The molecule has 0 saturated carbocycles. The quantitative estimate of drug-likeness (QED) is 0.803. The molecule has 0 atom stereocenters. The number of halogens is 1. The zero-order valence-corrected chi connectivity index (χ0v) is 15.8. The molecule has 5 nitrogen and oxygen atoms in total. The first kappa shape index (κ1) is 19.3. The van der Waals surface area contributed by atoms with Gasteiger partial charge in [-0.3, -0.25) is 9.10 Å². The molecule has 0 aliphatic heterocycles. The Labute approximate surface area is 153 Å². The molecule has 1 amide bonds. The molecule has 0 saturated heterocycles. The predicted molar refractivity (Wildman–Crippen MR) is 102 cm³/mol. The summed E-state index contributed by atoms with van der Waals surface area (Å²) >= 11 is 5.82. The minimum absolute atomic E-state index is 0.167. The van der Waals surface area contributed by atoms with Crippen molar-refractivity contribution in [2.75, 3.05) is 23.7 Å². The number of sulfonamides is 1. The Bertz CT molecular complexity index is 836. The lowest BCUT2D eigenvalue weighted by Gasteiger charge is -2.23. The third-order valence-electron chi connectivity index (χ3n) is 3.60. The van der Waals surface area contributed by atoms with Gasteiger partial charge in [-0.2, -0.15) is 0 Å². The highest BCUT2D eigenvalue weighted by Crippen LogP contribution is 2.18. The first-order chi connectivity index (χ1) is 11.8. The maximum atomic E-state index is 12.0. The number of benzene rings is 2. The maximum Gasteiger partial charge on any atom is 0.232 e. The second kappa shape index (κ2) is 8.36. The van der Waals surface area contributed by atoms with Crippen LogP contribution in [0.3, 0.4) is 0 Å². The van der Waals surface area contributed by atoms with E-state index in [0.717, 1.165) is 17.4 Å². The van der Waals surface area contributed by atoms with Gasteiger partial charge in [0.15, 0.2) is 0 Å². The second-order valence-electron chi connectivity index (χ2n) is 5.83. The molecule has 0 bridgehead atoms. The van der Waals surface area contributed by atoms with Crippen LogP contribution < -0.4 is 9.62 Å². The van der Waals surface area contributed by atoms with Crippen LogP contribution in [-0.4, -0.2) is 33.7 Å². The Hall–Kier alpha value is -2.05. The lowest BCUT2D eigenvalue weighted by molar-refractivity contribution is -0.120. The van der Waals surface area contributed by atoms with Gasteiger partial charge in [-0.05, 0) is 42.3 Å². The van der Waals surface area contributed by atoms with Gasteiger partial charge in [0.25, 0.3) is 0 Å². The number of nitrogens with one attached hydrogen (secondary N) is 1. The van der Waals surface area contributed by atoms with Crippen molar-refractivity contribution in [2.24, 2.45) is 0 Å². The van der Waals surface area contributed by atoms with Crippen LogP contribution in [0, 0.1) is 6.92 Å². The van der Waals surface area contributed by atoms with Crippen LogP contribution in [0.25, 0.3) is 0 Å². The van der Waals surface area contributed by atoms with Gasteiger partial charge in [0.1, 0.15) is 0 Å². The van der Waals surface area contributed by atoms with Gasteiger partial charge < -0.3 is 5.32 Å². The highest BCUT2D eigenvalue weighted by atomic mass is 35.5.